The SMILES string of the molecule is C.[SiH4].[Ti].[Ti]. The van der Waals surface area contributed by atoms with Gasteiger partial charge in [0.25, 0.3) is 0 Å². The van der Waals surface area contributed by atoms with Gasteiger partial charge >= 0.3 is 0 Å². The minimum Gasteiger partial charge on any atom is -0.0776 e. The first kappa shape index (κ1) is 45.0. The fourth-order valence-corrected chi connectivity index (χ4v) is 0. The van der Waals surface area contributed by atoms with Gasteiger partial charge in [0.1, 0.15) is 0 Å². The first-order valence-electron chi connectivity index (χ1n) is 0. The van der Waals surface area contributed by atoms with Crippen LogP contribution in [0.4, 0.5) is 0 Å². The summed E-state index contributed by atoms with van der Waals surface area (Å²) >= 11 is 0. The van der Waals surface area contributed by atoms with Crippen LogP contribution >= 0.6 is 0 Å². The predicted octanol–water partition coefficient (Wildman–Crippen LogP) is -0.821. The summed E-state index contributed by atoms with van der Waals surface area (Å²) in [5, 5.41) is 0. The van der Waals surface area contributed by atoms with Gasteiger partial charge in [0.05, 0.1) is 0 Å². The number of hydrogen-bond donors (Lipinski definition) is 0. The van der Waals surface area contributed by atoms with Gasteiger partial charge in [-0.25, -0.2) is 0 Å². The molecule has 3 heteroatoms. The molecule has 24 valence electrons. The van der Waals surface area contributed by atoms with E-state index in [2.05, 4.69) is 0 Å². The summed E-state index contributed by atoms with van der Waals surface area (Å²) in [6, 6.07) is 0. The van der Waals surface area contributed by atoms with Crippen molar-refractivity contribution < 1.29 is 43.4 Å². The van der Waals surface area contributed by atoms with Crippen LogP contribution < -0.4 is 0 Å². The molecule has 0 aliphatic heterocycles. The van der Waals surface area contributed by atoms with E-state index >= 15 is 0 Å². The summed E-state index contributed by atoms with van der Waals surface area (Å²) in [7, 11) is 0. The molecular formula is CH8SiTi2. The average molecular weight is 144 g/mol. The molecular weight excluding hydrogens is 136 g/mol. The summed E-state index contributed by atoms with van der Waals surface area (Å²) in [6.07, 6.45) is 0. The van der Waals surface area contributed by atoms with E-state index in [-0.39, 0.29) is 61.8 Å². The standard InChI is InChI=1S/CH4.H4Si.2Ti/h2*1H4;;. The van der Waals surface area contributed by atoms with Crippen molar-refractivity contribution >= 4 is 11.0 Å². The van der Waals surface area contributed by atoms with Crippen molar-refractivity contribution in [1.82, 2.24) is 0 Å². The van der Waals surface area contributed by atoms with Crippen LogP contribution in [0.1, 0.15) is 7.43 Å². The van der Waals surface area contributed by atoms with Gasteiger partial charge in [-0.15, -0.1) is 0 Å². The molecule has 0 aromatic rings. The van der Waals surface area contributed by atoms with Crippen molar-refractivity contribution in [2.75, 3.05) is 0 Å². The molecule has 0 amide bonds. The third-order valence-electron chi connectivity index (χ3n) is 0. The maximum Gasteiger partial charge on any atom is 0 e. The molecule has 0 N–H and O–H groups in total. The summed E-state index contributed by atoms with van der Waals surface area (Å²) in [5.41, 5.74) is 0. The Morgan fingerprint density at radius 2 is 0.750 bits per heavy atom. The quantitative estimate of drug-likeness (QED) is 0.389. The van der Waals surface area contributed by atoms with E-state index in [4.69, 9.17) is 0 Å². The van der Waals surface area contributed by atoms with Crippen LogP contribution in [-0.4, -0.2) is 11.0 Å². The van der Waals surface area contributed by atoms with E-state index in [9.17, 15) is 0 Å². The Kier molecular flexibility index (Phi) is 256. The Hall–Kier alpha value is 1.65. The Labute approximate surface area is 61.5 Å². The minimum absolute atomic E-state index is 0. The molecule has 0 nitrogen and oxygen atoms in total. The molecule has 0 aliphatic rings. The van der Waals surface area contributed by atoms with Crippen LogP contribution in [0.25, 0.3) is 0 Å². The molecule has 0 unspecified atom stereocenters. The van der Waals surface area contributed by atoms with Gasteiger partial charge in [-0.3, -0.25) is 0 Å². The summed E-state index contributed by atoms with van der Waals surface area (Å²) in [5.74, 6) is 0. The fourth-order valence-electron chi connectivity index (χ4n) is 0. The molecule has 0 radical (unpaired) electrons. The molecule has 0 rings (SSSR count). The largest absolute Gasteiger partial charge is 0.0776 e. The molecule has 0 aliphatic carbocycles. The van der Waals surface area contributed by atoms with Crippen molar-refractivity contribution in [3.8, 4) is 0 Å². The van der Waals surface area contributed by atoms with E-state index in [1.165, 1.54) is 0 Å². The van der Waals surface area contributed by atoms with Crippen LogP contribution in [0.5, 0.6) is 0 Å². The van der Waals surface area contributed by atoms with Crippen molar-refractivity contribution in [3.05, 3.63) is 0 Å². The fraction of sp³-hybridized carbons (Fsp3) is 1.00. The average Bonchev–Trinajstić information content (AvgIpc) is 0. The van der Waals surface area contributed by atoms with Crippen LogP contribution in [0, 0.1) is 0 Å². The molecule has 0 saturated carbocycles. The van der Waals surface area contributed by atoms with Gasteiger partial charge in [-0.2, -0.15) is 0 Å². The van der Waals surface area contributed by atoms with E-state index in [1.54, 1.807) is 0 Å². The van der Waals surface area contributed by atoms with Crippen molar-refractivity contribution in [2.24, 2.45) is 0 Å². The predicted molar refractivity (Wildman–Crippen MR) is 18.1 cm³/mol. The molecule has 0 atom stereocenters. The molecule has 0 saturated heterocycles. The van der Waals surface area contributed by atoms with Crippen LogP contribution in [0.3, 0.4) is 0 Å². The molecule has 0 bridgehead atoms. The van der Waals surface area contributed by atoms with Gasteiger partial charge in [0.2, 0.25) is 0 Å². The second-order valence-electron chi connectivity index (χ2n) is 0. The first-order valence-corrected chi connectivity index (χ1v) is 0. The maximum atomic E-state index is 0. The molecule has 4 heavy (non-hydrogen) atoms. The van der Waals surface area contributed by atoms with Gasteiger partial charge < -0.3 is 0 Å². The Balaban J connectivity index is 0. The molecule has 0 aromatic carbocycles. The Morgan fingerprint density at radius 3 is 0.750 bits per heavy atom. The normalized spacial score (nSPS) is 0. The zero-order valence-corrected chi connectivity index (χ0v) is 4.12. The summed E-state index contributed by atoms with van der Waals surface area (Å²) in [6.45, 7) is 0. The van der Waals surface area contributed by atoms with E-state index < -0.39 is 0 Å². The first-order chi connectivity index (χ1) is 0. The Morgan fingerprint density at radius 1 is 0.750 bits per heavy atom. The van der Waals surface area contributed by atoms with Crippen molar-refractivity contribution in [2.45, 2.75) is 7.43 Å². The van der Waals surface area contributed by atoms with Gasteiger partial charge in [0, 0.05) is 43.4 Å². The van der Waals surface area contributed by atoms with Gasteiger partial charge in [-0.05, 0) is 11.0 Å². The summed E-state index contributed by atoms with van der Waals surface area (Å²) < 4.78 is 0. The van der Waals surface area contributed by atoms with Gasteiger partial charge in [-0.1, -0.05) is 7.43 Å². The molecule has 0 heterocycles. The van der Waals surface area contributed by atoms with Crippen LogP contribution in [0.15, 0.2) is 0 Å². The van der Waals surface area contributed by atoms with Gasteiger partial charge in [0.15, 0.2) is 0 Å². The molecule has 0 spiro atoms. The smallest absolute Gasteiger partial charge is 0 e. The zero-order chi connectivity index (χ0) is 0. The second kappa shape index (κ2) is 22.8. The number of rotatable bonds is 0. The van der Waals surface area contributed by atoms with Crippen molar-refractivity contribution in [1.29, 1.82) is 0 Å². The third-order valence-corrected chi connectivity index (χ3v) is 0. The van der Waals surface area contributed by atoms with E-state index in [0.717, 1.165) is 0 Å². The topological polar surface area (TPSA) is 0 Å². The maximum absolute atomic E-state index is 0. The monoisotopic (exact) mass is 144 g/mol. The third kappa shape index (κ3) is 9.42. The van der Waals surface area contributed by atoms with Crippen molar-refractivity contribution in [3.63, 3.8) is 0 Å². The van der Waals surface area contributed by atoms with E-state index in [0.29, 0.717) is 0 Å². The molecule has 0 fully saturated rings. The Bertz CT molecular complexity index is 6.00. The molecule has 0 aromatic heterocycles. The van der Waals surface area contributed by atoms with Crippen LogP contribution in [0.2, 0.25) is 0 Å². The second-order valence-corrected chi connectivity index (χ2v) is 0. The number of hydrogen-bond acceptors (Lipinski definition) is 0. The van der Waals surface area contributed by atoms with E-state index in [1.807, 2.05) is 0 Å². The zero-order valence-electron chi connectivity index (χ0n) is 1.00. The minimum atomic E-state index is 0. The summed E-state index contributed by atoms with van der Waals surface area (Å²) in [4.78, 5) is 0. The van der Waals surface area contributed by atoms with Crippen LogP contribution in [-0.2, 0) is 43.4 Å².